The number of nitrogens with one attached hydrogen (secondary N) is 1. The Morgan fingerprint density at radius 2 is 1.78 bits per heavy atom. The minimum atomic E-state index is 0.192. The molecule has 0 bridgehead atoms. The van der Waals surface area contributed by atoms with Crippen LogP contribution >= 0.6 is 0 Å². The third-order valence-electron chi connectivity index (χ3n) is 3.95. The van der Waals surface area contributed by atoms with E-state index in [4.69, 9.17) is 0 Å². The lowest BCUT2D eigenvalue weighted by Gasteiger charge is -2.33. The van der Waals surface area contributed by atoms with Gasteiger partial charge in [-0.1, -0.05) is 45.0 Å². The van der Waals surface area contributed by atoms with Crippen molar-refractivity contribution < 1.29 is 5.11 Å². The molecule has 0 aliphatic heterocycles. The van der Waals surface area contributed by atoms with Gasteiger partial charge in [0.25, 0.3) is 0 Å². The molecule has 1 aliphatic rings. The van der Waals surface area contributed by atoms with Gasteiger partial charge in [-0.05, 0) is 35.8 Å². The van der Waals surface area contributed by atoms with Crippen LogP contribution in [0.4, 0.5) is 0 Å². The number of rotatable bonds is 4. The van der Waals surface area contributed by atoms with E-state index in [1.165, 1.54) is 11.1 Å². The Bertz CT molecular complexity index is 369. The summed E-state index contributed by atoms with van der Waals surface area (Å²) in [5.41, 5.74) is 3.15. The van der Waals surface area contributed by atoms with Crippen LogP contribution < -0.4 is 5.32 Å². The zero-order valence-electron chi connectivity index (χ0n) is 11.7. The van der Waals surface area contributed by atoms with Crippen LogP contribution in [0.3, 0.4) is 0 Å². The first kappa shape index (κ1) is 13.6. The summed E-state index contributed by atoms with van der Waals surface area (Å²) in [6.07, 6.45) is 3.07. The molecule has 0 saturated carbocycles. The first-order valence-electron chi connectivity index (χ1n) is 6.94. The van der Waals surface area contributed by atoms with Crippen molar-refractivity contribution in [2.75, 3.05) is 6.61 Å². The zero-order valence-corrected chi connectivity index (χ0v) is 11.7. The monoisotopic (exact) mass is 247 g/mol. The predicted octanol–water partition coefficient (Wildman–Crippen LogP) is 2.54. The molecule has 1 unspecified atom stereocenters. The van der Waals surface area contributed by atoms with Crippen LogP contribution in [0.2, 0.25) is 0 Å². The lowest BCUT2D eigenvalue weighted by molar-refractivity contribution is 0.186. The Labute approximate surface area is 110 Å². The van der Waals surface area contributed by atoms with Gasteiger partial charge >= 0.3 is 0 Å². The van der Waals surface area contributed by atoms with Gasteiger partial charge in [0, 0.05) is 18.7 Å². The molecule has 0 spiro atoms. The first-order chi connectivity index (χ1) is 8.50. The van der Waals surface area contributed by atoms with E-state index >= 15 is 0 Å². The normalized spacial score (nSPS) is 17.8. The van der Waals surface area contributed by atoms with Gasteiger partial charge in [0.2, 0.25) is 0 Å². The molecule has 0 heterocycles. The van der Waals surface area contributed by atoms with Crippen molar-refractivity contribution in [2.45, 2.75) is 52.1 Å². The molecule has 2 rings (SSSR count). The lowest BCUT2D eigenvalue weighted by atomic mass is 9.84. The van der Waals surface area contributed by atoms with E-state index in [0.29, 0.717) is 12.1 Å². The molecule has 100 valence electrons. The van der Waals surface area contributed by atoms with Gasteiger partial charge in [0.1, 0.15) is 0 Å². The van der Waals surface area contributed by atoms with E-state index in [2.05, 4.69) is 50.4 Å². The fourth-order valence-corrected chi connectivity index (χ4v) is 2.86. The van der Waals surface area contributed by atoms with E-state index < -0.39 is 0 Å². The maximum atomic E-state index is 9.21. The second-order valence-corrected chi connectivity index (χ2v) is 6.47. The molecule has 0 fully saturated rings. The van der Waals surface area contributed by atoms with Crippen LogP contribution in [0.25, 0.3) is 0 Å². The summed E-state index contributed by atoms with van der Waals surface area (Å²) in [5.74, 6) is 0. The third-order valence-corrected chi connectivity index (χ3v) is 3.95. The zero-order chi connectivity index (χ0) is 13.2. The average molecular weight is 247 g/mol. The molecule has 1 aromatic rings. The molecule has 2 nitrogen and oxygen atoms in total. The van der Waals surface area contributed by atoms with Crippen molar-refractivity contribution in [3.05, 3.63) is 35.4 Å². The molecule has 2 heteroatoms. The summed E-state index contributed by atoms with van der Waals surface area (Å²) in [4.78, 5) is 0. The van der Waals surface area contributed by atoms with E-state index in [1.807, 2.05) is 0 Å². The summed E-state index contributed by atoms with van der Waals surface area (Å²) in [5, 5.41) is 13.0. The van der Waals surface area contributed by atoms with Gasteiger partial charge in [-0.25, -0.2) is 0 Å². The van der Waals surface area contributed by atoms with Crippen LogP contribution in [0.5, 0.6) is 0 Å². The second kappa shape index (κ2) is 5.41. The van der Waals surface area contributed by atoms with Crippen LogP contribution in [0.15, 0.2) is 24.3 Å². The smallest absolute Gasteiger partial charge is 0.0446 e. The average Bonchev–Trinajstić information content (AvgIpc) is 2.69. The van der Waals surface area contributed by atoms with E-state index in [0.717, 1.165) is 19.3 Å². The van der Waals surface area contributed by atoms with Crippen molar-refractivity contribution in [3.63, 3.8) is 0 Å². The van der Waals surface area contributed by atoms with Gasteiger partial charge in [0.05, 0.1) is 0 Å². The minimum absolute atomic E-state index is 0.192. The molecular formula is C16H25NO. The molecule has 0 aromatic heterocycles. The maximum absolute atomic E-state index is 9.21. The Morgan fingerprint density at radius 1 is 1.22 bits per heavy atom. The van der Waals surface area contributed by atoms with Crippen molar-refractivity contribution in [3.8, 4) is 0 Å². The summed E-state index contributed by atoms with van der Waals surface area (Å²) in [6, 6.07) is 9.61. The Balaban J connectivity index is 1.99. The molecule has 0 radical (unpaired) electrons. The standard InChI is InChI=1S/C16H25NO/c1-16(2,3)15(8-9-18)17-14-10-12-6-4-5-7-13(12)11-14/h4-7,14-15,17-18H,8-11H2,1-3H3. The molecule has 18 heavy (non-hydrogen) atoms. The number of aliphatic hydroxyl groups is 1. The van der Waals surface area contributed by atoms with Gasteiger partial charge < -0.3 is 10.4 Å². The molecule has 0 saturated heterocycles. The number of hydrogen-bond acceptors (Lipinski definition) is 2. The van der Waals surface area contributed by atoms with Crippen molar-refractivity contribution in [1.82, 2.24) is 5.32 Å². The summed E-state index contributed by atoms with van der Waals surface area (Å²) in [6.45, 7) is 6.97. The number of benzene rings is 1. The minimum Gasteiger partial charge on any atom is -0.396 e. The Morgan fingerprint density at radius 3 is 2.22 bits per heavy atom. The number of fused-ring (bicyclic) bond motifs is 1. The van der Waals surface area contributed by atoms with Crippen LogP contribution in [0, 0.1) is 5.41 Å². The molecule has 2 N–H and O–H groups in total. The van der Waals surface area contributed by atoms with Crippen molar-refractivity contribution in [1.29, 1.82) is 0 Å². The highest BCUT2D eigenvalue weighted by molar-refractivity contribution is 5.33. The number of aliphatic hydroxyl groups excluding tert-OH is 1. The summed E-state index contributed by atoms with van der Waals surface area (Å²) < 4.78 is 0. The predicted molar refractivity (Wildman–Crippen MR) is 75.7 cm³/mol. The van der Waals surface area contributed by atoms with Gasteiger partial charge in [-0.3, -0.25) is 0 Å². The van der Waals surface area contributed by atoms with Crippen LogP contribution in [-0.2, 0) is 12.8 Å². The third kappa shape index (κ3) is 3.12. The van der Waals surface area contributed by atoms with E-state index in [1.54, 1.807) is 0 Å². The molecule has 1 aromatic carbocycles. The van der Waals surface area contributed by atoms with E-state index in [-0.39, 0.29) is 12.0 Å². The topological polar surface area (TPSA) is 32.3 Å². The SMILES string of the molecule is CC(C)(C)C(CCO)NC1Cc2ccccc2C1. The largest absolute Gasteiger partial charge is 0.396 e. The number of hydrogen-bond donors (Lipinski definition) is 2. The van der Waals surface area contributed by atoms with Crippen molar-refractivity contribution >= 4 is 0 Å². The summed E-state index contributed by atoms with van der Waals surface area (Å²) in [7, 11) is 0. The van der Waals surface area contributed by atoms with Crippen molar-refractivity contribution in [2.24, 2.45) is 5.41 Å². The highest BCUT2D eigenvalue weighted by Gasteiger charge is 2.29. The maximum Gasteiger partial charge on any atom is 0.0446 e. The first-order valence-corrected chi connectivity index (χ1v) is 6.94. The fraction of sp³-hybridized carbons (Fsp3) is 0.625. The summed E-state index contributed by atoms with van der Waals surface area (Å²) >= 11 is 0. The molecule has 1 atom stereocenters. The van der Waals surface area contributed by atoms with E-state index in [9.17, 15) is 5.11 Å². The lowest BCUT2D eigenvalue weighted by Crippen LogP contribution is -2.46. The van der Waals surface area contributed by atoms with Crippen LogP contribution in [-0.4, -0.2) is 23.8 Å². The molecule has 0 amide bonds. The highest BCUT2D eigenvalue weighted by atomic mass is 16.3. The Hall–Kier alpha value is -0.860. The Kier molecular flexibility index (Phi) is 4.08. The molecule has 1 aliphatic carbocycles. The van der Waals surface area contributed by atoms with Crippen LogP contribution in [0.1, 0.15) is 38.3 Å². The molecular weight excluding hydrogens is 222 g/mol. The van der Waals surface area contributed by atoms with Gasteiger partial charge in [0.15, 0.2) is 0 Å². The van der Waals surface area contributed by atoms with Gasteiger partial charge in [-0.2, -0.15) is 0 Å². The quantitative estimate of drug-likeness (QED) is 0.857. The van der Waals surface area contributed by atoms with Gasteiger partial charge in [-0.15, -0.1) is 0 Å². The highest BCUT2D eigenvalue weighted by Crippen LogP contribution is 2.26. The fourth-order valence-electron chi connectivity index (χ4n) is 2.86. The second-order valence-electron chi connectivity index (χ2n) is 6.47.